The van der Waals surface area contributed by atoms with Crippen LogP contribution < -0.4 is 4.74 Å². The Morgan fingerprint density at radius 2 is 1.62 bits per heavy atom. The Hall–Kier alpha value is -3.33. The summed E-state index contributed by atoms with van der Waals surface area (Å²) in [7, 11) is 5.70. The minimum atomic E-state index is -0.660. The lowest BCUT2D eigenvalue weighted by atomic mass is 9.89. The number of rotatable bonds is 8. The van der Waals surface area contributed by atoms with Crippen molar-refractivity contribution < 1.29 is 23.1 Å². The molecule has 0 N–H and O–H groups in total. The van der Waals surface area contributed by atoms with Gasteiger partial charge in [-0.15, -0.1) is 11.3 Å². The van der Waals surface area contributed by atoms with Gasteiger partial charge in [0.1, 0.15) is 22.3 Å². The summed E-state index contributed by atoms with van der Waals surface area (Å²) in [6.07, 6.45) is 3.39. The zero-order chi connectivity index (χ0) is 30.1. The van der Waals surface area contributed by atoms with Gasteiger partial charge in [-0.2, -0.15) is 0 Å². The summed E-state index contributed by atoms with van der Waals surface area (Å²) in [5.74, 6) is -1.05. The minimum absolute atomic E-state index is 0.0243. The number of halogens is 3. The minimum Gasteiger partial charge on any atom is -0.496 e. The Bertz CT molecular complexity index is 1650. The van der Waals surface area contributed by atoms with Gasteiger partial charge < -0.3 is 14.5 Å². The number of nitrogens with zero attached hydrogens (tertiary/aromatic N) is 2. The summed E-state index contributed by atoms with van der Waals surface area (Å²) < 4.78 is 35.1. The molecule has 5 nitrogen and oxygen atoms in total. The first-order valence-electron chi connectivity index (χ1n) is 13.9. The third-order valence-corrected chi connectivity index (χ3v) is 9.87. The Morgan fingerprint density at radius 3 is 2.26 bits per heavy atom. The molecule has 1 aliphatic carbocycles. The number of fused-ring (bicyclic) bond motifs is 1. The van der Waals surface area contributed by atoms with E-state index in [1.54, 1.807) is 18.1 Å². The molecule has 1 heterocycles. The third-order valence-electron chi connectivity index (χ3n) is 8.20. The number of ketones is 1. The van der Waals surface area contributed by atoms with Crippen LogP contribution in [0.2, 0.25) is 5.02 Å². The van der Waals surface area contributed by atoms with E-state index in [4.69, 9.17) is 16.3 Å². The first kappa shape index (κ1) is 30.1. The molecule has 9 heteroatoms. The topological polar surface area (TPSA) is 49.9 Å². The number of thiophene rings is 1. The second kappa shape index (κ2) is 12.5. The van der Waals surface area contributed by atoms with Crippen LogP contribution >= 0.6 is 22.9 Å². The van der Waals surface area contributed by atoms with Crippen LogP contribution in [0.3, 0.4) is 0 Å². The number of hydrogen-bond donors (Lipinski definition) is 0. The number of Topliss-reactive ketones (excluding diaryl/α,β-unsaturated/α-hetero) is 1. The number of hydrogen-bond acceptors (Lipinski definition) is 5. The summed E-state index contributed by atoms with van der Waals surface area (Å²) >= 11 is 7.47. The molecule has 0 bridgehead atoms. The Balaban J connectivity index is 1.56. The van der Waals surface area contributed by atoms with Crippen LogP contribution in [0.4, 0.5) is 8.78 Å². The van der Waals surface area contributed by atoms with Gasteiger partial charge in [-0.25, -0.2) is 8.78 Å². The van der Waals surface area contributed by atoms with Crippen molar-refractivity contribution in [1.82, 2.24) is 9.80 Å². The van der Waals surface area contributed by atoms with E-state index in [2.05, 4.69) is 19.0 Å². The molecule has 0 radical (unpaired) electrons. The molecule has 1 saturated carbocycles. The highest BCUT2D eigenvalue weighted by molar-refractivity contribution is 7.21. The Morgan fingerprint density at radius 1 is 0.952 bits per heavy atom. The van der Waals surface area contributed by atoms with Gasteiger partial charge in [0, 0.05) is 29.8 Å². The molecule has 1 amide bonds. The lowest BCUT2D eigenvalue weighted by molar-refractivity contribution is 0.0573. The van der Waals surface area contributed by atoms with Crippen molar-refractivity contribution in [3.63, 3.8) is 0 Å². The molecule has 0 saturated heterocycles. The molecule has 5 rings (SSSR count). The molecule has 3 aromatic carbocycles. The largest absolute Gasteiger partial charge is 0.496 e. The molecular formula is C33H33ClF2N2O3S. The zero-order valence-corrected chi connectivity index (χ0v) is 25.6. The maximum absolute atomic E-state index is 14.7. The predicted octanol–water partition coefficient (Wildman–Crippen LogP) is 8.23. The predicted molar refractivity (Wildman–Crippen MR) is 165 cm³/mol. The first-order valence-corrected chi connectivity index (χ1v) is 15.1. The van der Waals surface area contributed by atoms with Crippen LogP contribution in [0.1, 0.15) is 58.2 Å². The summed E-state index contributed by atoms with van der Waals surface area (Å²) in [6, 6.07) is 15.5. The van der Waals surface area contributed by atoms with E-state index in [1.807, 2.05) is 36.4 Å². The summed E-state index contributed by atoms with van der Waals surface area (Å²) in [6.45, 7) is 1.75. The second-order valence-electron chi connectivity index (χ2n) is 11.0. The fourth-order valence-electron chi connectivity index (χ4n) is 5.80. The Kier molecular flexibility index (Phi) is 8.97. The van der Waals surface area contributed by atoms with E-state index in [0.717, 1.165) is 65.8 Å². The van der Waals surface area contributed by atoms with Crippen LogP contribution in [-0.2, 0) is 6.54 Å². The number of carbonyl (C=O) groups excluding carboxylic acids is 2. The lowest BCUT2D eigenvalue weighted by Gasteiger charge is -2.39. The highest BCUT2D eigenvalue weighted by Crippen LogP contribution is 2.41. The fourth-order valence-corrected chi connectivity index (χ4v) is 7.31. The van der Waals surface area contributed by atoms with Gasteiger partial charge in [0.25, 0.3) is 5.91 Å². The van der Waals surface area contributed by atoms with Gasteiger partial charge in [0.2, 0.25) is 0 Å². The molecule has 1 aromatic heterocycles. The van der Waals surface area contributed by atoms with Gasteiger partial charge in [-0.3, -0.25) is 9.59 Å². The fraction of sp³-hybridized carbons (Fsp3) is 0.333. The molecule has 0 spiro atoms. The van der Waals surface area contributed by atoms with Crippen LogP contribution in [-0.4, -0.2) is 54.8 Å². The molecule has 0 unspecified atom stereocenters. The third kappa shape index (κ3) is 5.93. The lowest BCUT2D eigenvalue weighted by Crippen LogP contribution is -2.44. The number of methoxy groups -OCH3 is 1. The number of amides is 1. The monoisotopic (exact) mass is 610 g/mol. The van der Waals surface area contributed by atoms with Gasteiger partial charge >= 0.3 is 0 Å². The maximum Gasteiger partial charge on any atom is 0.266 e. The smallest absolute Gasteiger partial charge is 0.266 e. The number of benzene rings is 3. The van der Waals surface area contributed by atoms with E-state index >= 15 is 0 Å². The van der Waals surface area contributed by atoms with Crippen molar-refractivity contribution in [2.24, 2.45) is 0 Å². The number of ether oxygens (including phenoxy) is 1. The molecule has 42 heavy (non-hydrogen) atoms. The molecular weight excluding hydrogens is 578 g/mol. The summed E-state index contributed by atoms with van der Waals surface area (Å²) in [5, 5.41) is -0.128. The SMILES string of the molecule is COc1ccc(-c2cccc(C(C)=O)c2)cc1CN(C(=O)c1sc2c(F)ccc(F)c2c1Cl)[C@H]1CC[C@H](N(C)C)CC1. The average molecular weight is 611 g/mol. The molecule has 4 aromatic rings. The molecule has 0 atom stereocenters. The van der Waals surface area contributed by atoms with Crippen LogP contribution in [0.25, 0.3) is 21.2 Å². The first-order chi connectivity index (χ1) is 20.1. The summed E-state index contributed by atoms with van der Waals surface area (Å²) in [5.41, 5.74) is 3.13. The highest BCUT2D eigenvalue weighted by Gasteiger charge is 2.33. The second-order valence-corrected chi connectivity index (χ2v) is 12.4. The molecule has 1 fully saturated rings. The van der Waals surface area contributed by atoms with E-state index < -0.39 is 11.6 Å². The van der Waals surface area contributed by atoms with Gasteiger partial charge in [0.05, 0.1) is 22.2 Å². The van der Waals surface area contributed by atoms with Crippen LogP contribution in [0, 0.1) is 11.6 Å². The zero-order valence-electron chi connectivity index (χ0n) is 24.0. The van der Waals surface area contributed by atoms with Gasteiger partial charge in [-0.05, 0) is 88.2 Å². The van der Waals surface area contributed by atoms with Crippen LogP contribution in [0.15, 0.2) is 54.6 Å². The maximum atomic E-state index is 14.7. The van der Waals surface area contributed by atoms with Crippen molar-refractivity contribution >= 4 is 44.7 Å². The van der Waals surface area contributed by atoms with E-state index in [-0.39, 0.29) is 44.3 Å². The van der Waals surface area contributed by atoms with E-state index in [0.29, 0.717) is 17.4 Å². The van der Waals surface area contributed by atoms with Crippen molar-refractivity contribution in [2.45, 2.75) is 51.2 Å². The van der Waals surface area contributed by atoms with Crippen molar-refractivity contribution in [2.75, 3.05) is 21.2 Å². The Labute approximate surface area is 253 Å². The molecule has 1 aliphatic rings. The molecule has 220 valence electrons. The quantitative estimate of drug-likeness (QED) is 0.189. The van der Waals surface area contributed by atoms with Crippen LogP contribution in [0.5, 0.6) is 5.75 Å². The normalized spacial score (nSPS) is 17.0. The van der Waals surface area contributed by atoms with Crippen molar-refractivity contribution in [1.29, 1.82) is 0 Å². The van der Waals surface area contributed by atoms with Crippen molar-refractivity contribution in [3.8, 4) is 16.9 Å². The van der Waals surface area contributed by atoms with E-state index in [1.165, 1.54) is 6.92 Å². The number of carbonyl (C=O) groups is 2. The van der Waals surface area contributed by atoms with Gasteiger partial charge in [0.15, 0.2) is 5.78 Å². The van der Waals surface area contributed by atoms with Gasteiger partial charge in [-0.1, -0.05) is 35.9 Å². The average Bonchev–Trinajstić information content (AvgIpc) is 3.35. The van der Waals surface area contributed by atoms with Crippen molar-refractivity contribution in [3.05, 3.63) is 87.3 Å². The molecule has 0 aliphatic heterocycles. The highest BCUT2D eigenvalue weighted by atomic mass is 35.5. The van der Waals surface area contributed by atoms with E-state index in [9.17, 15) is 18.4 Å². The standard InChI is InChI=1S/C33H33ClF2N2O3S/c1-19(39)20-6-5-7-21(16-20)22-8-15-28(41-4)23(17-22)18-38(25-11-9-24(10-12-25)37(2)3)33(40)32-30(34)29-26(35)13-14-27(36)31(29)42-32/h5-8,13-17,24-25H,9-12,18H2,1-4H3/t24-,25-. The summed E-state index contributed by atoms with van der Waals surface area (Å²) in [4.78, 5) is 30.4.